The van der Waals surface area contributed by atoms with Crippen LogP contribution in [0.2, 0.25) is 0 Å². The van der Waals surface area contributed by atoms with Gasteiger partial charge in [0.15, 0.2) is 0 Å². The summed E-state index contributed by atoms with van der Waals surface area (Å²) in [6, 6.07) is 0. The first-order valence-corrected chi connectivity index (χ1v) is 5.69. The maximum atomic E-state index is 11.3. The van der Waals surface area contributed by atoms with Gasteiger partial charge in [-0.1, -0.05) is 20.8 Å². The molecule has 2 unspecified atom stereocenters. The summed E-state index contributed by atoms with van der Waals surface area (Å²) in [5, 5.41) is 0. The molecule has 2 nitrogen and oxygen atoms in total. The van der Waals surface area contributed by atoms with Crippen molar-refractivity contribution in [2.45, 2.75) is 65.1 Å². The minimum absolute atomic E-state index is 0.00241. The van der Waals surface area contributed by atoms with Gasteiger partial charge in [-0.05, 0) is 25.7 Å². The molecule has 1 aliphatic rings. The smallest absolute Gasteiger partial charge is 0.133 e. The molecule has 1 rings (SSSR count). The Hall–Kier alpha value is -0.370. The molecule has 0 aromatic carbocycles. The molecule has 1 heterocycles. The molecule has 2 atom stereocenters. The molecular weight excluding hydrogens is 176 g/mol. The second-order valence-corrected chi connectivity index (χ2v) is 4.88. The highest BCUT2D eigenvalue weighted by Gasteiger charge is 2.53. The summed E-state index contributed by atoms with van der Waals surface area (Å²) in [5.41, 5.74) is -0.00241. The van der Waals surface area contributed by atoms with E-state index in [4.69, 9.17) is 4.74 Å². The van der Waals surface area contributed by atoms with Crippen molar-refractivity contribution in [3.63, 3.8) is 0 Å². The second-order valence-electron chi connectivity index (χ2n) is 4.88. The quantitative estimate of drug-likeness (QED) is 0.614. The summed E-state index contributed by atoms with van der Waals surface area (Å²) in [5.74, 6) is 0.952. The molecule has 0 aromatic rings. The van der Waals surface area contributed by atoms with E-state index in [0.717, 1.165) is 19.3 Å². The van der Waals surface area contributed by atoms with E-state index < -0.39 is 0 Å². The molecule has 14 heavy (non-hydrogen) atoms. The van der Waals surface area contributed by atoms with Crippen molar-refractivity contribution < 1.29 is 9.53 Å². The molecule has 2 heteroatoms. The fourth-order valence-corrected chi connectivity index (χ4v) is 2.09. The molecule has 1 saturated heterocycles. The van der Waals surface area contributed by atoms with Gasteiger partial charge in [0.1, 0.15) is 5.78 Å². The fraction of sp³-hybridized carbons (Fsp3) is 0.917. The number of epoxide rings is 1. The summed E-state index contributed by atoms with van der Waals surface area (Å²) in [6.07, 6.45) is 3.64. The molecule has 0 saturated carbocycles. The monoisotopic (exact) mass is 198 g/mol. The highest BCUT2D eigenvalue weighted by atomic mass is 16.6. The number of hydrogen-bond donors (Lipinski definition) is 0. The van der Waals surface area contributed by atoms with Gasteiger partial charge in [-0.2, -0.15) is 0 Å². The molecule has 0 bridgehead atoms. The molecule has 0 N–H and O–H groups in total. The van der Waals surface area contributed by atoms with Crippen LogP contribution in [0, 0.1) is 5.92 Å². The lowest BCUT2D eigenvalue weighted by Crippen LogP contribution is -2.15. The zero-order chi connectivity index (χ0) is 10.8. The standard InChI is InChI=1S/C12H22O2/c1-5-6-10(13)7-8-12(4)11(14-12)9(2)3/h9,11H,5-8H2,1-4H3. The van der Waals surface area contributed by atoms with Crippen LogP contribution < -0.4 is 0 Å². The Morgan fingerprint density at radius 2 is 2.07 bits per heavy atom. The molecule has 0 aromatic heterocycles. The third-order valence-electron chi connectivity index (χ3n) is 2.98. The van der Waals surface area contributed by atoms with E-state index in [1.54, 1.807) is 0 Å². The van der Waals surface area contributed by atoms with E-state index in [9.17, 15) is 4.79 Å². The van der Waals surface area contributed by atoms with Gasteiger partial charge < -0.3 is 4.74 Å². The van der Waals surface area contributed by atoms with Crippen molar-refractivity contribution >= 4 is 5.78 Å². The molecule has 82 valence electrons. The van der Waals surface area contributed by atoms with Crippen LogP contribution in [-0.4, -0.2) is 17.5 Å². The zero-order valence-corrected chi connectivity index (χ0v) is 9.80. The predicted octanol–water partition coefficient (Wildman–Crippen LogP) is 2.95. The number of carbonyl (C=O) groups is 1. The van der Waals surface area contributed by atoms with Crippen LogP contribution in [0.1, 0.15) is 53.4 Å². The van der Waals surface area contributed by atoms with E-state index in [1.807, 2.05) is 6.92 Å². The highest BCUT2D eigenvalue weighted by Crippen LogP contribution is 2.44. The summed E-state index contributed by atoms with van der Waals surface area (Å²) in [7, 11) is 0. The van der Waals surface area contributed by atoms with Gasteiger partial charge in [0.2, 0.25) is 0 Å². The first-order valence-electron chi connectivity index (χ1n) is 5.69. The molecule has 0 spiro atoms. The fourth-order valence-electron chi connectivity index (χ4n) is 2.09. The van der Waals surface area contributed by atoms with E-state index in [-0.39, 0.29) is 5.60 Å². The summed E-state index contributed by atoms with van der Waals surface area (Å²) >= 11 is 0. The summed E-state index contributed by atoms with van der Waals surface area (Å²) in [4.78, 5) is 11.3. The van der Waals surface area contributed by atoms with E-state index in [1.165, 1.54) is 0 Å². The SMILES string of the molecule is CCCC(=O)CCC1(C)OC1C(C)C. The maximum absolute atomic E-state index is 11.3. The van der Waals surface area contributed by atoms with Crippen molar-refractivity contribution in [3.05, 3.63) is 0 Å². The van der Waals surface area contributed by atoms with Crippen molar-refractivity contribution in [1.29, 1.82) is 0 Å². The Morgan fingerprint density at radius 3 is 2.50 bits per heavy atom. The molecular formula is C12H22O2. The molecule has 0 aliphatic carbocycles. The first-order chi connectivity index (χ1) is 6.49. The minimum Gasteiger partial charge on any atom is -0.366 e. The molecule has 0 amide bonds. The number of ether oxygens (including phenoxy) is 1. The van der Waals surface area contributed by atoms with Crippen LogP contribution in [0.5, 0.6) is 0 Å². The highest BCUT2D eigenvalue weighted by molar-refractivity contribution is 5.78. The van der Waals surface area contributed by atoms with Gasteiger partial charge in [-0.15, -0.1) is 0 Å². The lowest BCUT2D eigenvalue weighted by Gasteiger charge is -2.06. The average molecular weight is 198 g/mol. The first kappa shape index (κ1) is 11.7. The van der Waals surface area contributed by atoms with Crippen LogP contribution in [0.4, 0.5) is 0 Å². The van der Waals surface area contributed by atoms with Crippen LogP contribution in [0.25, 0.3) is 0 Å². The normalized spacial score (nSPS) is 30.8. The molecule has 1 aliphatic heterocycles. The van der Waals surface area contributed by atoms with Crippen molar-refractivity contribution in [3.8, 4) is 0 Å². The Balaban J connectivity index is 2.23. The summed E-state index contributed by atoms with van der Waals surface area (Å²) in [6.45, 7) is 8.51. The Bertz CT molecular complexity index is 210. The topological polar surface area (TPSA) is 29.6 Å². The van der Waals surface area contributed by atoms with Gasteiger partial charge in [0.05, 0.1) is 11.7 Å². The van der Waals surface area contributed by atoms with Crippen molar-refractivity contribution in [1.82, 2.24) is 0 Å². The maximum Gasteiger partial charge on any atom is 0.133 e. The summed E-state index contributed by atoms with van der Waals surface area (Å²) < 4.78 is 5.64. The number of Topliss-reactive ketones (excluding diaryl/α,β-unsaturated/α-hetero) is 1. The Morgan fingerprint density at radius 1 is 1.43 bits per heavy atom. The van der Waals surface area contributed by atoms with Gasteiger partial charge >= 0.3 is 0 Å². The molecule has 0 radical (unpaired) electrons. The largest absolute Gasteiger partial charge is 0.366 e. The van der Waals surface area contributed by atoms with Gasteiger partial charge in [0.25, 0.3) is 0 Å². The lowest BCUT2D eigenvalue weighted by molar-refractivity contribution is -0.119. The number of ketones is 1. The van der Waals surface area contributed by atoms with Gasteiger partial charge in [-0.3, -0.25) is 4.79 Å². The lowest BCUT2D eigenvalue weighted by atomic mass is 9.93. The minimum atomic E-state index is -0.00241. The van der Waals surface area contributed by atoms with Gasteiger partial charge in [0, 0.05) is 12.8 Å². The Kier molecular flexibility index (Phi) is 3.71. The third-order valence-corrected chi connectivity index (χ3v) is 2.98. The third kappa shape index (κ3) is 2.81. The predicted molar refractivity (Wildman–Crippen MR) is 57.3 cm³/mol. The van der Waals surface area contributed by atoms with E-state index in [0.29, 0.717) is 24.2 Å². The number of carbonyl (C=O) groups excluding carboxylic acids is 1. The van der Waals surface area contributed by atoms with E-state index >= 15 is 0 Å². The van der Waals surface area contributed by atoms with Crippen LogP contribution in [-0.2, 0) is 9.53 Å². The van der Waals surface area contributed by atoms with E-state index in [2.05, 4.69) is 20.8 Å². The Labute approximate surface area is 87.0 Å². The second kappa shape index (κ2) is 4.43. The van der Waals surface area contributed by atoms with Crippen LogP contribution >= 0.6 is 0 Å². The number of rotatable bonds is 6. The van der Waals surface area contributed by atoms with Crippen LogP contribution in [0.15, 0.2) is 0 Å². The van der Waals surface area contributed by atoms with Crippen molar-refractivity contribution in [2.24, 2.45) is 5.92 Å². The van der Waals surface area contributed by atoms with Gasteiger partial charge in [-0.25, -0.2) is 0 Å². The van der Waals surface area contributed by atoms with Crippen LogP contribution in [0.3, 0.4) is 0 Å². The number of hydrogen-bond acceptors (Lipinski definition) is 2. The zero-order valence-electron chi connectivity index (χ0n) is 9.80. The van der Waals surface area contributed by atoms with Crippen molar-refractivity contribution in [2.75, 3.05) is 0 Å². The molecule has 1 fully saturated rings. The average Bonchev–Trinajstić information content (AvgIpc) is 2.77.